The first-order valence-corrected chi connectivity index (χ1v) is 10.5. The minimum absolute atomic E-state index is 0.519. The number of nitrogens with one attached hydrogen (secondary N) is 2. The van der Waals surface area contributed by atoms with Crippen molar-refractivity contribution in [2.45, 2.75) is 64.8 Å². The molecule has 0 saturated carbocycles. The molecule has 1 unspecified atom stereocenters. The van der Waals surface area contributed by atoms with Crippen molar-refractivity contribution < 1.29 is 0 Å². The summed E-state index contributed by atoms with van der Waals surface area (Å²) in [6.07, 6.45) is 8.57. The number of hydrogen-bond acceptors (Lipinski definition) is 5. The molecule has 2 saturated heterocycles. The molecule has 6 nitrogen and oxygen atoms in total. The van der Waals surface area contributed by atoms with Crippen molar-refractivity contribution >= 4 is 34.9 Å². The first-order chi connectivity index (χ1) is 12.7. The molecule has 1 atom stereocenters. The molecular weight excluding hydrogens is 344 g/mol. The molecule has 1 aromatic heterocycles. The second kappa shape index (κ2) is 9.35. The maximum absolute atomic E-state index is 5.39. The van der Waals surface area contributed by atoms with Gasteiger partial charge in [0.05, 0.1) is 0 Å². The molecule has 2 fully saturated rings. The van der Waals surface area contributed by atoms with Crippen molar-refractivity contribution in [1.29, 1.82) is 0 Å². The Morgan fingerprint density at radius 1 is 1.12 bits per heavy atom. The van der Waals surface area contributed by atoms with Crippen LogP contribution in [-0.2, 0) is 0 Å². The second-order valence-corrected chi connectivity index (χ2v) is 7.78. The maximum atomic E-state index is 5.39. The summed E-state index contributed by atoms with van der Waals surface area (Å²) in [5.74, 6) is 2.65. The van der Waals surface area contributed by atoms with Gasteiger partial charge in [0, 0.05) is 38.3 Å². The third-order valence-corrected chi connectivity index (χ3v) is 5.48. The predicted octanol–water partition coefficient (Wildman–Crippen LogP) is 3.54. The fraction of sp³-hybridized carbons (Fsp3) is 0.737. The van der Waals surface area contributed by atoms with Gasteiger partial charge in [-0.05, 0) is 64.1 Å². The minimum Gasteiger partial charge on any atom is -0.362 e. The summed E-state index contributed by atoms with van der Waals surface area (Å²) in [7, 11) is 0. The molecule has 0 radical (unpaired) electrons. The van der Waals surface area contributed by atoms with E-state index in [1.54, 1.807) is 0 Å². The van der Waals surface area contributed by atoms with Gasteiger partial charge in [-0.2, -0.15) is 9.97 Å². The average molecular weight is 377 g/mol. The highest BCUT2D eigenvalue weighted by Crippen LogP contribution is 2.28. The van der Waals surface area contributed by atoms with Gasteiger partial charge in [0.25, 0.3) is 0 Å². The zero-order valence-corrected chi connectivity index (χ0v) is 16.9. The molecule has 0 aromatic carbocycles. The van der Waals surface area contributed by atoms with Crippen LogP contribution in [0.1, 0.15) is 58.8 Å². The summed E-state index contributed by atoms with van der Waals surface area (Å²) < 4.78 is 0. The smallest absolute Gasteiger partial charge is 0.232 e. The van der Waals surface area contributed by atoms with Crippen LogP contribution < -0.4 is 20.4 Å². The van der Waals surface area contributed by atoms with Crippen LogP contribution in [0, 0.1) is 0 Å². The van der Waals surface area contributed by atoms with E-state index in [1.165, 1.54) is 38.5 Å². The Morgan fingerprint density at radius 3 is 2.58 bits per heavy atom. The van der Waals surface area contributed by atoms with Gasteiger partial charge in [-0.25, -0.2) is 0 Å². The van der Waals surface area contributed by atoms with Crippen molar-refractivity contribution in [2.75, 3.05) is 41.3 Å². The second-order valence-electron chi connectivity index (χ2n) is 7.37. The third-order valence-electron chi connectivity index (χ3n) is 5.24. The Bertz CT molecular complexity index is 602. The summed E-state index contributed by atoms with van der Waals surface area (Å²) in [5.41, 5.74) is 0. The van der Waals surface area contributed by atoms with E-state index in [2.05, 4.69) is 40.3 Å². The maximum Gasteiger partial charge on any atom is 0.232 e. The van der Waals surface area contributed by atoms with Crippen LogP contribution in [0.15, 0.2) is 6.07 Å². The molecule has 2 aliphatic heterocycles. The van der Waals surface area contributed by atoms with E-state index in [1.807, 2.05) is 0 Å². The standard InChI is InChI=1S/C19H32N6S/c1-3-10-20-19(26)23-18-21-16(24-11-6-4-7-12-24)14-17(22-18)25-13-8-5-9-15(25)2/h14-15H,3-13H2,1-2H3,(H2,20,21,22,23,26). The van der Waals surface area contributed by atoms with Gasteiger partial charge in [-0.3, -0.25) is 0 Å². The monoisotopic (exact) mass is 376 g/mol. The fourth-order valence-electron chi connectivity index (χ4n) is 3.73. The van der Waals surface area contributed by atoms with Gasteiger partial charge in [0.1, 0.15) is 11.6 Å². The van der Waals surface area contributed by atoms with Crippen molar-refractivity contribution in [3.8, 4) is 0 Å². The first-order valence-electron chi connectivity index (χ1n) is 10.1. The third kappa shape index (κ3) is 4.96. The molecule has 144 valence electrons. The molecule has 0 bridgehead atoms. The largest absolute Gasteiger partial charge is 0.362 e. The van der Waals surface area contributed by atoms with E-state index in [9.17, 15) is 0 Å². The number of aromatic nitrogens is 2. The van der Waals surface area contributed by atoms with Crippen LogP contribution in [0.4, 0.5) is 17.6 Å². The van der Waals surface area contributed by atoms with Crippen molar-refractivity contribution in [3.63, 3.8) is 0 Å². The Hall–Kier alpha value is -1.63. The van der Waals surface area contributed by atoms with Crippen molar-refractivity contribution in [3.05, 3.63) is 6.07 Å². The number of rotatable bonds is 5. The zero-order valence-electron chi connectivity index (χ0n) is 16.1. The van der Waals surface area contributed by atoms with Gasteiger partial charge in [0.2, 0.25) is 5.95 Å². The van der Waals surface area contributed by atoms with Crippen LogP contribution in [0.5, 0.6) is 0 Å². The molecule has 3 rings (SSSR count). The molecule has 0 spiro atoms. The van der Waals surface area contributed by atoms with E-state index >= 15 is 0 Å². The van der Waals surface area contributed by atoms with Gasteiger partial charge in [0.15, 0.2) is 5.11 Å². The van der Waals surface area contributed by atoms with Crippen LogP contribution in [0.3, 0.4) is 0 Å². The van der Waals surface area contributed by atoms with Crippen LogP contribution >= 0.6 is 12.2 Å². The Labute approximate surface area is 162 Å². The Morgan fingerprint density at radius 2 is 1.85 bits per heavy atom. The Kier molecular flexibility index (Phi) is 6.88. The number of thiocarbonyl (C=S) groups is 1. The average Bonchev–Trinajstić information content (AvgIpc) is 2.67. The molecule has 0 aliphatic carbocycles. The summed E-state index contributed by atoms with van der Waals surface area (Å²) in [4.78, 5) is 14.4. The van der Waals surface area contributed by atoms with E-state index in [4.69, 9.17) is 22.2 Å². The lowest BCUT2D eigenvalue weighted by Crippen LogP contribution is -2.39. The Balaban J connectivity index is 1.84. The highest BCUT2D eigenvalue weighted by Gasteiger charge is 2.23. The molecule has 2 N–H and O–H groups in total. The van der Waals surface area contributed by atoms with E-state index in [-0.39, 0.29) is 0 Å². The quantitative estimate of drug-likeness (QED) is 0.762. The molecule has 0 amide bonds. The lowest BCUT2D eigenvalue weighted by Gasteiger charge is -2.35. The van der Waals surface area contributed by atoms with Gasteiger partial charge in [-0.15, -0.1) is 0 Å². The fourth-order valence-corrected chi connectivity index (χ4v) is 3.93. The SMILES string of the molecule is CCCNC(=S)Nc1nc(N2CCCCC2)cc(N2CCCCC2C)n1. The summed E-state index contributed by atoms with van der Waals surface area (Å²) >= 11 is 5.39. The summed E-state index contributed by atoms with van der Waals surface area (Å²) in [5, 5.41) is 6.99. The lowest BCUT2D eigenvalue weighted by atomic mass is 10.0. The normalized spacial score (nSPS) is 20.8. The summed E-state index contributed by atoms with van der Waals surface area (Å²) in [6, 6.07) is 2.69. The molecule has 1 aromatic rings. The molecule has 26 heavy (non-hydrogen) atoms. The zero-order chi connectivity index (χ0) is 18.4. The topological polar surface area (TPSA) is 56.3 Å². The molecular formula is C19H32N6S. The number of nitrogens with zero attached hydrogens (tertiary/aromatic N) is 4. The number of hydrogen-bond donors (Lipinski definition) is 2. The first kappa shape index (κ1) is 19.1. The van der Waals surface area contributed by atoms with Crippen LogP contribution in [0.25, 0.3) is 0 Å². The highest BCUT2D eigenvalue weighted by molar-refractivity contribution is 7.80. The van der Waals surface area contributed by atoms with Gasteiger partial charge < -0.3 is 20.4 Å². The summed E-state index contributed by atoms with van der Waals surface area (Å²) in [6.45, 7) is 8.48. The number of anilines is 3. The molecule has 7 heteroatoms. The predicted molar refractivity (Wildman–Crippen MR) is 113 cm³/mol. The highest BCUT2D eigenvalue weighted by atomic mass is 32.1. The van der Waals surface area contributed by atoms with Gasteiger partial charge >= 0.3 is 0 Å². The van der Waals surface area contributed by atoms with E-state index in [0.717, 1.165) is 44.2 Å². The van der Waals surface area contributed by atoms with Crippen molar-refractivity contribution in [1.82, 2.24) is 15.3 Å². The lowest BCUT2D eigenvalue weighted by molar-refractivity contribution is 0.481. The van der Waals surface area contributed by atoms with Crippen LogP contribution in [0.2, 0.25) is 0 Å². The van der Waals surface area contributed by atoms with E-state index in [0.29, 0.717) is 17.1 Å². The van der Waals surface area contributed by atoms with E-state index < -0.39 is 0 Å². The molecule has 2 aliphatic rings. The van der Waals surface area contributed by atoms with Crippen LogP contribution in [-0.4, -0.2) is 47.3 Å². The van der Waals surface area contributed by atoms with Crippen molar-refractivity contribution in [2.24, 2.45) is 0 Å². The number of piperidine rings is 2. The molecule has 3 heterocycles. The van der Waals surface area contributed by atoms with Gasteiger partial charge in [-0.1, -0.05) is 6.92 Å². The minimum atomic E-state index is 0.519.